The maximum atomic E-state index is 11.9. The second kappa shape index (κ2) is 7.87. The first-order chi connectivity index (χ1) is 14.5. The van der Waals surface area contributed by atoms with E-state index in [0.29, 0.717) is 16.4 Å². The van der Waals surface area contributed by atoms with Gasteiger partial charge in [-0.1, -0.05) is 23.7 Å². The molecule has 0 bridgehead atoms. The average molecular weight is 474 g/mol. The summed E-state index contributed by atoms with van der Waals surface area (Å²) in [7, 11) is -3.30. The summed E-state index contributed by atoms with van der Waals surface area (Å²) in [5, 5.41) is 15.5. The fraction of sp³-hybridized carbons (Fsp3) is 0.182. The SMILES string of the molecule is CC(C)(O)c1cc(-c2ccc(-c3cccc(S(C)(=O)=O)c3)s2)n(-c2ccncc2Cl)n1. The number of benzene rings is 1. The largest absolute Gasteiger partial charge is 0.384 e. The minimum Gasteiger partial charge on any atom is -0.384 e. The van der Waals surface area contributed by atoms with Crippen LogP contribution in [0.2, 0.25) is 5.02 Å². The van der Waals surface area contributed by atoms with Crippen LogP contribution in [0.4, 0.5) is 0 Å². The van der Waals surface area contributed by atoms with E-state index >= 15 is 0 Å². The number of hydrogen-bond acceptors (Lipinski definition) is 6. The number of sulfone groups is 1. The predicted molar refractivity (Wildman–Crippen MR) is 123 cm³/mol. The Morgan fingerprint density at radius 2 is 1.84 bits per heavy atom. The lowest BCUT2D eigenvalue weighted by Gasteiger charge is -2.13. The number of rotatable bonds is 5. The van der Waals surface area contributed by atoms with Crippen LogP contribution in [-0.4, -0.2) is 34.5 Å². The second-order valence-electron chi connectivity index (χ2n) is 7.68. The van der Waals surface area contributed by atoms with Crippen molar-refractivity contribution in [3.8, 4) is 26.7 Å². The third-order valence-electron chi connectivity index (χ3n) is 4.72. The van der Waals surface area contributed by atoms with Gasteiger partial charge >= 0.3 is 0 Å². The standard InChI is InChI=1S/C22H20ClN3O3S2/c1-22(2,27)21-12-18(26(25-21)17-9-10-24-13-16(17)23)20-8-7-19(30-20)14-5-4-6-15(11-14)31(3,28)29/h4-13,27H,1-3H3. The zero-order valence-electron chi connectivity index (χ0n) is 17.1. The van der Waals surface area contributed by atoms with Gasteiger partial charge in [-0.25, -0.2) is 13.1 Å². The molecule has 0 aliphatic carbocycles. The molecular weight excluding hydrogens is 454 g/mol. The minimum absolute atomic E-state index is 0.276. The number of hydrogen-bond donors (Lipinski definition) is 1. The Kier molecular flexibility index (Phi) is 5.51. The molecule has 1 aromatic carbocycles. The van der Waals surface area contributed by atoms with Gasteiger partial charge in [-0.15, -0.1) is 11.3 Å². The maximum Gasteiger partial charge on any atom is 0.175 e. The molecule has 3 aromatic heterocycles. The third-order valence-corrected chi connectivity index (χ3v) is 7.28. The van der Waals surface area contributed by atoms with E-state index in [1.54, 1.807) is 55.2 Å². The summed E-state index contributed by atoms with van der Waals surface area (Å²) in [5.74, 6) is 0. The first-order valence-corrected chi connectivity index (χ1v) is 12.5. The first kappa shape index (κ1) is 21.7. The smallest absolute Gasteiger partial charge is 0.175 e. The molecule has 0 aliphatic heterocycles. The quantitative estimate of drug-likeness (QED) is 0.443. The molecule has 6 nitrogen and oxygen atoms in total. The van der Waals surface area contributed by atoms with Crippen LogP contribution < -0.4 is 0 Å². The topological polar surface area (TPSA) is 85.1 Å². The highest BCUT2D eigenvalue weighted by Crippen LogP contribution is 2.38. The van der Waals surface area contributed by atoms with Gasteiger partial charge in [0.25, 0.3) is 0 Å². The molecule has 0 unspecified atom stereocenters. The van der Waals surface area contributed by atoms with Crippen molar-refractivity contribution >= 4 is 32.8 Å². The van der Waals surface area contributed by atoms with Gasteiger partial charge in [0.05, 0.1) is 31.9 Å². The molecule has 0 spiro atoms. The molecule has 3 heterocycles. The molecule has 0 aliphatic rings. The number of pyridine rings is 1. The van der Waals surface area contributed by atoms with Crippen LogP contribution in [0.15, 0.2) is 65.8 Å². The van der Waals surface area contributed by atoms with Crippen LogP contribution >= 0.6 is 22.9 Å². The van der Waals surface area contributed by atoms with Crippen molar-refractivity contribution in [2.24, 2.45) is 0 Å². The van der Waals surface area contributed by atoms with Crippen molar-refractivity contribution in [1.29, 1.82) is 0 Å². The van der Waals surface area contributed by atoms with Gasteiger partial charge in [0.15, 0.2) is 9.84 Å². The molecule has 4 rings (SSSR count). The Bertz CT molecular complexity index is 1370. The summed E-state index contributed by atoms with van der Waals surface area (Å²) in [6.45, 7) is 3.35. The third kappa shape index (κ3) is 4.43. The number of nitrogens with zero attached hydrogens (tertiary/aromatic N) is 3. The Hall–Kier alpha value is -2.52. The summed E-state index contributed by atoms with van der Waals surface area (Å²) < 4.78 is 25.5. The van der Waals surface area contributed by atoms with E-state index in [4.69, 9.17) is 11.6 Å². The van der Waals surface area contributed by atoms with Crippen LogP contribution in [0.1, 0.15) is 19.5 Å². The van der Waals surface area contributed by atoms with E-state index in [9.17, 15) is 13.5 Å². The molecule has 0 saturated heterocycles. The predicted octanol–water partition coefficient (Wildman–Crippen LogP) is 4.95. The van der Waals surface area contributed by atoms with E-state index in [1.165, 1.54) is 17.6 Å². The second-order valence-corrected chi connectivity index (χ2v) is 11.2. The number of halogens is 1. The maximum absolute atomic E-state index is 11.9. The van der Waals surface area contributed by atoms with E-state index < -0.39 is 15.4 Å². The summed E-state index contributed by atoms with van der Waals surface area (Å²) in [6, 6.07) is 14.4. The van der Waals surface area contributed by atoms with E-state index in [0.717, 1.165) is 21.0 Å². The number of thiophene rings is 1. The van der Waals surface area contributed by atoms with Gasteiger partial charge in [0.2, 0.25) is 0 Å². The fourth-order valence-electron chi connectivity index (χ4n) is 3.09. The summed E-state index contributed by atoms with van der Waals surface area (Å²) >= 11 is 7.86. The van der Waals surface area contributed by atoms with E-state index in [1.807, 2.05) is 24.3 Å². The lowest BCUT2D eigenvalue weighted by atomic mass is 10.1. The lowest BCUT2D eigenvalue weighted by molar-refractivity contribution is 0.0734. The van der Waals surface area contributed by atoms with E-state index in [2.05, 4.69) is 10.1 Å². The monoisotopic (exact) mass is 473 g/mol. The van der Waals surface area contributed by atoms with Crippen LogP contribution in [0.5, 0.6) is 0 Å². The molecule has 9 heteroatoms. The van der Waals surface area contributed by atoms with Crippen molar-refractivity contribution in [3.05, 3.63) is 71.6 Å². The van der Waals surface area contributed by atoms with Gasteiger partial charge in [-0.2, -0.15) is 5.10 Å². The highest BCUT2D eigenvalue weighted by molar-refractivity contribution is 7.90. The summed E-state index contributed by atoms with van der Waals surface area (Å²) in [5.41, 5.74) is 1.60. The summed E-state index contributed by atoms with van der Waals surface area (Å²) in [4.78, 5) is 6.12. The number of aromatic nitrogens is 3. The van der Waals surface area contributed by atoms with Gasteiger partial charge < -0.3 is 5.11 Å². The molecule has 0 fully saturated rings. The van der Waals surface area contributed by atoms with Crippen molar-refractivity contribution in [2.75, 3.05) is 6.26 Å². The van der Waals surface area contributed by atoms with Gasteiger partial charge in [-0.05, 0) is 55.8 Å². The Labute approximate surface area is 189 Å². The molecule has 0 atom stereocenters. The molecular formula is C22H20ClN3O3S2. The van der Waals surface area contributed by atoms with Crippen molar-refractivity contribution in [2.45, 2.75) is 24.3 Å². The Morgan fingerprint density at radius 1 is 1.10 bits per heavy atom. The Morgan fingerprint density at radius 3 is 2.52 bits per heavy atom. The van der Waals surface area contributed by atoms with Crippen LogP contribution in [0.25, 0.3) is 26.7 Å². The van der Waals surface area contributed by atoms with Gasteiger partial charge in [-0.3, -0.25) is 4.98 Å². The van der Waals surface area contributed by atoms with Gasteiger partial charge in [0.1, 0.15) is 5.60 Å². The number of aliphatic hydroxyl groups is 1. The van der Waals surface area contributed by atoms with Crippen LogP contribution in [0.3, 0.4) is 0 Å². The highest BCUT2D eigenvalue weighted by atomic mass is 35.5. The lowest BCUT2D eigenvalue weighted by Crippen LogP contribution is -2.16. The fourth-order valence-corrected chi connectivity index (χ4v) is 4.96. The molecule has 160 valence electrons. The highest BCUT2D eigenvalue weighted by Gasteiger charge is 2.24. The molecule has 4 aromatic rings. The average Bonchev–Trinajstić information content (AvgIpc) is 3.35. The normalized spacial score (nSPS) is 12.3. The van der Waals surface area contributed by atoms with Crippen molar-refractivity contribution in [1.82, 2.24) is 14.8 Å². The van der Waals surface area contributed by atoms with Gasteiger partial charge in [0, 0.05) is 23.5 Å². The molecule has 31 heavy (non-hydrogen) atoms. The molecule has 0 radical (unpaired) electrons. The van der Waals surface area contributed by atoms with E-state index in [-0.39, 0.29) is 4.90 Å². The zero-order chi connectivity index (χ0) is 22.4. The molecule has 0 amide bonds. The summed E-state index contributed by atoms with van der Waals surface area (Å²) in [6.07, 6.45) is 4.37. The van der Waals surface area contributed by atoms with Crippen LogP contribution in [0, 0.1) is 0 Å². The first-order valence-electron chi connectivity index (χ1n) is 9.37. The van der Waals surface area contributed by atoms with Crippen molar-refractivity contribution in [3.63, 3.8) is 0 Å². The van der Waals surface area contributed by atoms with Crippen LogP contribution in [-0.2, 0) is 15.4 Å². The Balaban J connectivity index is 1.84. The minimum atomic E-state index is -3.30. The molecule has 0 saturated carbocycles. The molecule has 1 N–H and O–H groups in total. The zero-order valence-corrected chi connectivity index (χ0v) is 19.5. The van der Waals surface area contributed by atoms with Crippen molar-refractivity contribution < 1.29 is 13.5 Å².